The summed E-state index contributed by atoms with van der Waals surface area (Å²) in [6, 6.07) is 6.79. The fraction of sp³-hybridized carbons (Fsp3) is 0.625. The van der Waals surface area contributed by atoms with E-state index in [4.69, 9.17) is 0 Å². The highest BCUT2D eigenvalue weighted by molar-refractivity contribution is 5.61. The number of nitrogens with one attached hydrogen (secondary N) is 1. The van der Waals surface area contributed by atoms with E-state index in [-0.39, 0.29) is 0 Å². The zero-order valence-electron chi connectivity index (χ0n) is 11.4. The van der Waals surface area contributed by atoms with Crippen LogP contribution in [0.15, 0.2) is 18.2 Å². The summed E-state index contributed by atoms with van der Waals surface area (Å²) in [5.74, 6) is 0.920. The number of hydrogen-bond acceptors (Lipinski definition) is 2. The van der Waals surface area contributed by atoms with Crippen LogP contribution < -0.4 is 5.32 Å². The molecule has 2 aliphatic rings. The van der Waals surface area contributed by atoms with Crippen molar-refractivity contribution in [1.29, 1.82) is 0 Å². The van der Waals surface area contributed by atoms with Crippen molar-refractivity contribution in [3.05, 3.63) is 29.3 Å². The molecule has 0 radical (unpaired) electrons. The second-order valence-electron chi connectivity index (χ2n) is 5.78. The summed E-state index contributed by atoms with van der Waals surface area (Å²) >= 11 is 0. The van der Waals surface area contributed by atoms with E-state index in [1.54, 1.807) is 0 Å². The summed E-state index contributed by atoms with van der Waals surface area (Å²) in [7, 11) is 0. The van der Waals surface area contributed by atoms with Crippen molar-refractivity contribution < 1.29 is 0 Å². The zero-order valence-corrected chi connectivity index (χ0v) is 11.4. The summed E-state index contributed by atoms with van der Waals surface area (Å²) in [6.07, 6.45) is 5.33. The number of anilines is 1. The molecule has 1 N–H and O–H groups in total. The van der Waals surface area contributed by atoms with Crippen LogP contribution in [-0.4, -0.2) is 24.5 Å². The third-order valence-corrected chi connectivity index (χ3v) is 4.51. The van der Waals surface area contributed by atoms with E-state index in [2.05, 4.69) is 35.3 Å². The topological polar surface area (TPSA) is 15.3 Å². The molecule has 0 amide bonds. The minimum atomic E-state index is 0.920. The highest BCUT2D eigenvalue weighted by Gasteiger charge is 2.20. The van der Waals surface area contributed by atoms with Crippen molar-refractivity contribution in [1.82, 2.24) is 4.90 Å². The van der Waals surface area contributed by atoms with E-state index in [1.165, 1.54) is 55.6 Å². The van der Waals surface area contributed by atoms with Crippen molar-refractivity contribution in [3.63, 3.8) is 0 Å². The molecule has 0 aromatic heterocycles. The lowest BCUT2D eigenvalue weighted by Gasteiger charge is -2.32. The number of rotatable bonds is 3. The Morgan fingerprint density at radius 1 is 1.39 bits per heavy atom. The molecular formula is C16H24N2. The molecule has 98 valence electrons. The largest absolute Gasteiger partial charge is 0.384 e. The SMILES string of the molecule is CCC1CCCN(Cc2cccc3c2NCC3)C1. The summed E-state index contributed by atoms with van der Waals surface area (Å²) in [5, 5.41) is 3.56. The first-order chi connectivity index (χ1) is 8.86. The van der Waals surface area contributed by atoms with Crippen LogP contribution in [0.5, 0.6) is 0 Å². The van der Waals surface area contributed by atoms with E-state index < -0.39 is 0 Å². The van der Waals surface area contributed by atoms with Crippen LogP contribution in [0.3, 0.4) is 0 Å². The van der Waals surface area contributed by atoms with E-state index in [9.17, 15) is 0 Å². The maximum absolute atomic E-state index is 3.56. The van der Waals surface area contributed by atoms with Gasteiger partial charge in [-0.15, -0.1) is 0 Å². The zero-order chi connectivity index (χ0) is 12.4. The lowest BCUT2D eigenvalue weighted by atomic mass is 9.95. The standard InChI is InChI=1S/C16H24N2/c1-2-13-5-4-10-18(11-13)12-15-7-3-6-14-8-9-17-16(14)15/h3,6-7,13,17H,2,4-5,8-12H2,1H3. The van der Waals surface area contributed by atoms with Crippen LogP contribution in [0.2, 0.25) is 0 Å². The first-order valence-corrected chi connectivity index (χ1v) is 7.44. The van der Waals surface area contributed by atoms with E-state index in [0.717, 1.165) is 19.0 Å². The number of nitrogens with zero attached hydrogens (tertiary/aromatic N) is 1. The molecule has 1 fully saturated rings. The van der Waals surface area contributed by atoms with Gasteiger partial charge >= 0.3 is 0 Å². The molecule has 0 saturated carbocycles. The fourth-order valence-corrected chi connectivity index (χ4v) is 3.41. The predicted molar refractivity (Wildman–Crippen MR) is 76.9 cm³/mol. The number of benzene rings is 1. The van der Waals surface area contributed by atoms with Gasteiger partial charge in [-0.2, -0.15) is 0 Å². The normalized spacial score (nSPS) is 23.7. The first-order valence-electron chi connectivity index (χ1n) is 7.44. The van der Waals surface area contributed by atoms with Crippen molar-refractivity contribution >= 4 is 5.69 Å². The smallest absolute Gasteiger partial charge is 0.0419 e. The van der Waals surface area contributed by atoms with Gasteiger partial charge in [0, 0.05) is 25.3 Å². The third-order valence-electron chi connectivity index (χ3n) is 4.51. The summed E-state index contributed by atoms with van der Waals surface area (Å²) in [4.78, 5) is 2.65. The van der Waals surface area contributed by atoms with E-state index in [1.807, 2.05) is 0 Å². The van der Waals surface area contributed by atoms with Gasteiger partial charge in [-0.25, -0.2) is 0 Å². The number of piperidine rings is 1. The second-order valence-corrected chi connectivity index (χ2v) is 5.78. The van der Waals surface area contributed by atoms with Gasteiger partial charge < -0.3 is 5.32 Å². The second kappa shape index (κ2) is 5.31. The number of para-hydroxylation sites is 1. The van der Waals surface area contributed by atoms with Crippen LogP contribution in [0, 0.1) is 5.92 Å². The van der Waals surface area contributed by atoms with Crippen molar-refractivity contribution in [2.75, 3.05) is 25.0 Å². The molecule has 1 saturated heterocycles. The van der Waals surface area contributed by atoms with Gasteiger partial charge in [-0.1, -0.05) is 31.5 Å². The molecule has 1 aromatic carbocycles. The van der Waals surface area contributed by atoms with Crippen LogP contribution in [0.1, 0.15) is 37.3 Å². The van der Waals surface area contributed by atoms with Crippen LogP contribution >= 0.6 is 0 Å². The molecule has 2 aliphatic heterocycles. The maximum Gasteiger partial charge on any atom is 0.0419 e. The lowest BCUT2D eigenvalue weighted by molar-refractivity contribution is 0.165. The average Bonchev–Trinajstić information content (AvgIpc) is 2.88. The highest BCUT2D eigenvalue weighted by Crippen LogP contribution is 2.29. The lowest BCUT2D eigenvalue weighted by Crippen LogP contribution is -2.34. The molecule has 0 aliphatic carbocycles. The molecule has 2 nitrogen and oxygen atoms in total. The summed E-state index contributed by atoms with van der Waals surface area (Å²) in [5.41, 5.74) is 4.44. The molecule has 2 heterocycles. The quantitative estimate of drug-likeness (QED) is 0.878. The van der Waals surface area contributed by atoms with Crippen molar-refractivity contribution in [2.24, 2.45) is 5.92 Å². The number of hydrogen-bond donors (Lipinski definition) is 1. The molecule has 0 bridgehead atoms. The summed E-state index contributed by atoms with van der Waals surface area (Å²) < 4.78 is 0. The van der Waals surface area contributed by atoms with Crippen molar-refractivity contribution in [2.45, 2.75) is 39.2 Å². The van der Waals surface area contributed by atoms with Crippen LogP contribution in [-0.2, 0) is 13.0 Å². The highest BCUT2D eigenvalue weighted by atomic mass is 15.1. The monoisotopic (exact) mass is 244 g/mol. The number of fused-ring (bicyclic) bond motifs is 1. The minimum Gasteiger partial charge on any atom is -0.384 e. The molecule has 1 aromatic rings. The van der Waals surface area contributed by atoms with Crippen LogP contribution in [0.25, 0.3) is 0 Å². The van der Waals surface area contributed by atoms with Crippen molar-refractivity contribution in [3.8, 4) is 0 Å². The predicted octanol–water partition coefficient (Wildman–Crippen LogP) is 3.28. The van der Waals surface area contributed by atoms with Gasteiger partial charge in [0.2, 0.25) is 0 Å². The van der Waals surface area contributed by atoms with Gasteiger partial charge in [0.1, 0.15) is 0 Å². The van der Waals surface area contributed by atoms with Gasteiger partial charge in [-0.3, -0.25) is 4.90 Å². The minimum absolute atomic E-state index is 0.920. The molecular weight excluding hydrogens is 220 g/mol. The average molecular weight is 244 g/mol. The van der Waals surface area contributed by atoms with Crippen LogP contribution in [0.4, 0.5) is 5.69 Å². The van der Waals surface area contributed by atoms with E-state index in [0.29, 0.717) is 0 Å². The first kappa shape index (κ1) is 12.0. The maximum atomic E-state index is 3.56. The molecule has 2 heteroatoms. The Morgan fingerprint density at radius 3 is 3.22 bits per heavy atom. The Kier molecular flexibility index (Phi) is 3.55. The van der Waals surface area contributed by atoms with E-state index >= 15 is 0 Å². The Balaban J connectivity index is 1.71. The Labute approximate surface area is 110 Å². The third kappa shape index (κ3) is 2.39. The fourth-order valence-electron chi connectivity index (χ4n) is 3.41. The number of likely N-dealkylation sites (tertiary alicyclic amines) is 1. The molecule has 18 heavy (non-hydrogen) atoms. The molecule has 1 atom stereocenters. The van der Waals surface area contributed by atoms with Gasteiger partial charge in [0.25, 0.3) is 0 Å². The van der Waals surface area contributed by atoms with Gasteiger partial charge in [0.15, 0.2) is 0 Å². The van der Waals surface area contributed by atoms with Gasteiger partial charge in [-0.05, 0) is 42.9 Å². The van der Waals surface area contributed by atoms with Gasteiger partial charge in [0.05, 0.1) is 0 Å². The molecule has 0 spiro atoms. The Hall–Kier alpha value is -1.02. The summed E-state index contributed by atoms with van der Waals surface area (Å²) in [6.45, 7) is 7.15. The Morgan fingerprint density at radius 2 is 2.33 bits per heavy atom. The molecule has 1 unspecified atom stereocenters. The Bertz CT molecular complexity index is 414. The molecule has 3 rings (SSSR count).